The first-order chi connectivity index (χ1) is 7.43. The first-order valence-corrected chi connectivity index (χ1v) is 5.18. The number of furan rings is 1. The minimum atomic E-state index is 0.0856. The molecule has 1 aromatic heterocycles. The molecule has 1 aliphatic heterocycles. The zero-order valence-electron chi connectivity index (χ0n) is 8.35. The van der Waals surface area contributed by atoms with Crippen LogP contribution in [0.2, 0.25) is 0 Å². The lowest BCUT2D eigenvalue weighted by Gasteiger charge is -2.15. The van der Waals surface area contributed by atoms with Crippen LogP contribution in [-0.2, 0) is 4.74 Å². The van der Waals surface area contributed by atoms with E-state index in [0.29, 0.717) is 6.61 Å². The van der Waals surface area contributed by atoms with Crippen LogP contribution in [0.1, 0.15) is 18.3 Å². The number of rotatable bonds is 1. The van der Waals surface area contributed by atoms with Gasteiger partial charge in [-0.05, 0) is 18.6 Å². The largest absolute Gasteiger partial charge is 0.458 e. The highest BCUT2D eigenvalue weighted by atomic mass is 16.5. The summed E-state index contributed by atoms with van der Waals surface area (Å²) >= 11 is 0. The molecule has 0 N–H and O–H groups in total. The first kappa shape index (κ1) is 8.74. The highest BCUT2D eigenvalue weighted by Crippen LogP contribution is 2.29. The second-order valence-electron chi connectivity index (χ2n) is 3.72. The average molecular weight is 200 g/mol. The van der Waals surface area contributed by atoms with Crippen molar-refractivity contribution in [2.24, 2.45) is 0 Å². The predicted molar refractivity (Wildman–Crippen MR) is 58.7 cm³/mol. The maximum atomic E-state index is 5.75. The van der Waals surface area contributed by atoms with Crippen LogP contribution >= 0.6 is 0 Å². The molecule has 3 rings (SSSR count). The van der Waals surface area contributed by atoms with Crippen molar-refractivity contribution in [2.45, 2.75) is 12.5 Å². The summed E-state index contributed by atoms with van der Waals surface area (Å²) in [6.45, 7) is 0.682. The van der Waals surface area contributed by atoms with Crippen molar-refractivity contribution < 1.29 is 9.15 Å². The minimum absolute atomic E-state index is 0.0856. The number of hydrogen-bond donors (Lipinski definition) is 0. The van der Waals surface area contributed by atoms with Crippen LogP contribution in [0.15, 0.2) is 46.9 Å². The molecule has 1 unspecified atom stereocenters. The fourth-order valence-electron chi connectivity index (χ4n) is 1.89. The van der Waals surface area contributed by atoms with E-state index in [1.54, 1.807) is 0 Å². The quantitative estimate of drug-likeness (QED) is 0.658. The van der Waals surface area contributed by atoms with Crippen molar-refractivity contribution in [3.8, 4) is 0 Å². The van der Waals surface area contributed by atoms with Crippen LogP contribution in [0.4, 0.5) is 0 Å². The Bertz CT molecular complexity index is 463. The van der Waals surface area contributed by atoms with E-state index in [2.05, 4.69) is 18.2 Å². The summed E-state index contributed by atoms with van der Waals surface area (Å²) < 4.78 is 11.4. The molecule has 1 aliphatic rings. The van der Waals surface area contributed by atoms with E-state index >= 15 is 0 Å². The molecule has 2 heteroatoms. The lowest BCUT2D eigenvalue weighted by atomic mass is 10.1. The monoisotopic (exact) mass is 200 g/mol. The molecule has 0 spiro atoms. The van der Waals surface area contributed by atoms with Gasteiger partial charge in [-0.15, -0.1) is 0 Å². The van der Waals surface area contributed by atoms with Crippen LogP contribution in [-0.4, -0.2) is 6.61 Å². The van der Waals surface area contributed by atoms with Crippen LogP contribution in [0.25, 0.3) is 11.0 Å². The Labute approximate surface area is 88.2 Å². The normalized spacial score (nSPS) is 20.9. The van der Waals surface area contributed by atoms with Gasteiger partial charge in [0.05, 0.1) is 6.61 Å². The van der Waals surface area contributed by atoms with Gasteiger partial charge in [-0.2, -0.15) is 0 Å². The van der Waals surface area contributed by atoms with E-state index in [4.69, 9.17) is 9.15 Å². The van der Waals surface area contributed by atoms with E-state index in [0.717, 1.165) is 23.2 Å². The van der Waals surface area contributed by atoms with Crippen LogP contribution in [0, 0.1) is 0 Å². The Morgan fingerprint density at radius 1 is 1.13 bits per heavy atom. The minimum Gasteiger partial charge on any atom is -0.458 e. The molecule has 0 fully saturated rings. The van der Waals surface area contributed by atoms with Crippen LogP contribution in [0.3, 0.4) is 0 Å². The van der Waals surface area contributed by atoms with Crippen molar-refractivity contribution >= 4 is 11.0 Å². The zero-order valence-corrected chi connectivity index (χ0v) is 8.35. The Morgan fingerprint density at radius 2 is 2.07 bits per heavy atom. The summed E-state index contributed by atoms with van der Waals surface area (Å²) in [5.74, 6) is 0.931. The average Bonchev–Trinajstić information content (AvgIpc) is 2.74. The summed E-state index contributed by atoms with van der Waals surface area (Å²) in [6.07, 6.45) is 5.17. The Kier molecular flexibility index (Phi) is 2.07. The topological polar surface area (TPSA) is 22.4 Å². The van der Waals surface area contributed by atoms with Gasteiger partial charge >= 0.3 is 0 Å². The third-order valence-electron chi connectivity index (χ3n) is 2.67. The number of fused-ring (bicyclic) bond motifs is 1. The molecule has 2 heterocycles. The molecular weight excluding hydrogens is 188 g/mol. The summed E-state index contributed by atoms with van der Waals surface area (Å²) in [6, 6.07) is 10.1. The van der Waals surface area contributed by atoms with Crippen molar-refractivity contribution in [2.75, 3.05) is 6.61 Å². The lowest BCUT2D eigenvalue weighted by Crippen LogP contribution is -2.06. The van der Waals surface area contributed by atoms with Gasteiger partial charge < -0.3 is 9.15 Å². The Hall–Kier alpha value is -1.54. The summed E-state index contributed by atoms with van der Waals surface area (Å²) in [7, 11) is 0. The SMILES string of the molecule is C1=CCC(c2cc3ccccc3o2)OC1. The van der Waals surface area contributed by atoms with Crippen molar-refractivity contribution in [1.82, 2.24) is 0 Å². The lowest BCUT2D eigenvalue weighted by molar-refractivity contribution is 0.0526. The van der Waals surface area contributed by atoms with Gasteiger partial charge in [-0.3, -0.25) is 0 Å². The van der Waals surface area contributed by atoms with Crippen molar-refractivity contribution in [1.29, 1.82) is 0 Å². The fraction of sp³-hybridized carbons (Fsp3) is 0.231. The number of hydrogen-bond acceptors (Lipinski definition) is 2. The molecule has 2 nitrogen and oxygen atoms in total. The number of benzene rings is 1. The zero-order chi connectivity index (χ0) is 10.1. The van der Waals surface area contributed by atoms with Gasteiger partial charge in [0.15, 0.2) is 0 Å². The fourth-order valence-corrected chi connectivity index (χ4v) is 1.89. The van der Waals surface area contributed by atoms with E-state index in [9.17, 15) is 0 Å². The highest BCUT2D eigenvalue weighted by molar-refractivity contribution is 5.77. The summed E-state index contributed by atoms with van der Waals surface area (Å²) in [4.78, 5) is 0. The summed E-state index contributed by atoms with van der Waals surface area (Å²) in [5.41, 5.74) is 0.936. The third-order valence-corrected chi connectivity index (χ3v) is 2.67. The highest BCUT2D eigenvalue weighted by Gasteiger charge is 2.17. The maximum absolute atomic E-state index is 5.75. The number of para-hydroxylation sites is 1. The smallest absolute Gasteiger partial charge is 0.134 e. The second kappa shape index (κ2) is 3.55. The molecule has 0 aliphatic carbocycles. The van der Waals surface area contributed by atoms with E-state index in [1.807, 2.05) is 24.3 Å². The van der Waals surface area contributed by atoms with Crippen molar-refractivity contribution in [3.05, 3.63) is 48.2 Å². The molecule has 15 heavy (non-hydrogen) atoms. The van der Waals surface area contributed by atoms with Crippen LogP contribution < -0.4 is 0 Å². The van der Waals surface area contributed by atoms with Gasteiger partial charge in [0.25, 0.3) is 0 Å². The number of ether oxygens (including phenoxy) is 1. The molecule has 0 amide bonds. The molecule has 1 atom stereocenters. The van der Waals surface area contributed by atoms with Gasteiger partial charge in [0.2, 0.25) is 0 Å². The first-order valence-electron chi connectivity index (χ1n) is 5.18. The van der Waals surface area contributed by atoms with Gasteiger partial charge in [-0.1, -0.05) is 30.4 Å². The van der Waals surface area contributed by atoms with Crippen molar-refractivity contribution in [3.63, 3.8) is 0 Å². The van der Waals surface area contributed by atoms with E-state index in [-0.39, 0.29) is 6.10 Å². The van der Waals surface area contributed by atoms with Gasteiger partial charge in [0, 0.05) is 5.39 Å². The van der Waals surface area contributed by atoms with Gasteiger partial charge in [-0.25, -0.2) is 0 Å². The second-order valence-corrected chi connectivity index (χ2v) is 3.72. The molecule has 2 aromatic rings. The van der Waals surface area contributed by atoms with Gasteiger partial charge in [0.1, 0.15) is 17.4 Å². The predicted octanol–water partition coefficient (Wildman–Crippen LogP) is 3.45. The molecule has 1 aromatic carbocycles. The summed E-state index contributed by atoms with van der Waals surface area (Å²) in [5, 5.41) is 1.14. The molecule has 76 valence electrons. The Morgan fingerprint density at radius 3 is 2.87 bits per heavy atom. The molecule has 0 radical (unpaired) electrons. The standard InChI is InChI=1S/C13H12O2/c1-2-6-11-10(5-1)9-13(15-11)12-7-3-4-8-14-12/h1-6,9,12H,7-8H2. The molecular formula is C13H12O2. The molecule has 0 saturated carbocycles. The van der Waals surface area contributed by atoms with E-state index < -0.39 is 0 Å². The van der Waals surface area contributed by atoms with Crippen LogP contribution in [0.5, 0.6) is 0 Å². The third kappa shape index (κ3) is 1.57. The molecule has 0 bridgehead atoms. The Balaban J connectivity index is 2.00. The molecule has 0 saturated heterocycles. The maximum Gasteiger partial charge on any atom is 0.134 e. The van der Waals surface area contributed by atoms with E-state index in [1.165, 1.54) is 0 Å².